The zero-order valence-electron chi connectivity index (χ0n) is 16.1. The Morgan fingerprint density at radius 1 is 1.30 bits per heavy atom. The molecule has 7 nitrogen and oxygen atoms in total. The molecule has 0 saturated carbocycles. The van der Waals surface area contributed by atoms with Crippen LogP contribution in [-0.2, 0) is 9.53 Å². The summed E-state index contributed by atoms with van der Waals surface area (Å²) < 4.78 is 5.52. The van der Waals surface area contributed by atoms with Crippen LogP contribution in [0.25, 0.3) is 10.2 Å². The van der Waals surface area contributed by atoms with Crippen LogP contribution in [0.3, 0.4) is 0 Å². The highest BCUT2D eigenvalue weighted by Gasteiger charge is 2.32. The van der Waals surface area contributed by atoms with Gasteiger partial charge in [-0.15, -0.1) is 11.3 Å². The molecule has 0 aliphatic carbocycles. The Bertz CT molecular complexity index is 908. The van der Waals surface area contributed by atoms with Crippen LogP contribution in [0, 0.1) is 13.8 Å². The van der Waals surface area contributed by atoms with E-state index in [1.807, 2.05) is 18.7 Å². The number of hydrogen-bond acceptors (Lipinski definition) is 6. The Labute approximate surface area is 162 Å². The van der Waals surface area contributed by atoms with Crippen molar-refractivity contribution < 1.29 is 9.53 Å². The minimum Gasteiger partial charge on any atom is -0.368 e. The number of aromatic amines is 1. The second-order valence-corrected chi connectivity index (χ2v) is 8.66. The standard InChI is InChI=1S/C19H26N4O3S/c1-11-13(3)27-18-15(11)17(24)20-16(21-18)12(2)22-6-8-23(9-7-22)19(25)14-5-4-10-26-14/h12,14H,4-10H2,1-3H3,(H,20,21,24)/t12-,14-/m0/s1. The first-order chi connectivity index (χ1) is 13.0. The number of thiophene rings is 1. The number of nitrogens with zero attached hydrogens (tertiary/aromatic N) is 3. The third-order valence-electron chi connectivity index (χ3n) is 5.83. The molecule has 27 heavy (non-hydrogen) atoms. The van der Waals surface area contributed by atoms with E-state index >= 15 is 0 Å². The van der Waals surface area contributed by atoms with Gasteiger partial charge in [0.15, 0.2) is 0 Å². The van der Waals surface area contributed by atoms with Crippen LogP contribution in [-0.4, -0.2) is 64.6 Å². The molecule has 1 amide bonds. The quantitative estimate of drug-likeness (QED) is 0.867. The number of carbonyl (C=O) groups is 1. The number of ether oxygens (including phenoxy) is 1. The molecule has 2 aromatic rings. The number of carbonyl (C=O) groups excluding carboxylic acids is 1. The lowest BCUT2D eigenvalue weighted by atomic mass is 10.1. The summed E-state index contributed by atoms with van der Waals surface area (Å²) in [5.41, 5.74) is 0.958. The zero-order chi connectivity index (χ0) is 19.1. The smallest absolute Gasteiger partial charge is 0.259 e. The molecular formula is C19H26N4O3S. The summed E-state index contributed by atoms with van der Waals surface area (Å²) in [4.78, 5) is 38.9. The maximum atomic E-state index is 12.5. The van der Waals surface area contributed by atoms with Crippen LogP contribution in [0.15, 0.2) is 4.79 Å². The van der Waals surface area contributed by atoms with E-state index in [0.717, 1.165) is 41.2 Å². The lowest BCUT2D eigenvalue weighted by molar-refractivity contribution is -0.143. The normalized spacial score (nSPS) is 22.5. The molecule has 2 fully saturated rings. The monoisotopic (exact) mass is 390 g/mol. The molecule has 0 aromatic carbocycles. The highest BCUT2D eigenvalue weighted by Crippen LogP contribution is 2.27. The van der Waals surface area contributed by atoms with Gasteiger partial charge in [-0.3, -0.25) is 14.5 Å². The Morgan fingerprint density at radius 3 is 2.70 bits per heavy atom. The molecule has 146 valence electrons. The Kier molecular flexibility index (Phi) is 5.05. The van der Waals surface area contributed by atoms with Crippen LogP contribution in [0.2, 0.25) is 0 Å². The van der Waals surface area contributed by atoms with Gasteiger partial charge in [0.2, 0.25) is 0 Å². The molecule has 0 spiro atoms. The van der Waals surface area contributed by atoms with Crippen molar-refractivity contribution in [3.63, 3.8) is 0 Å². The van der Waals surface area contributed by atoms with E-state index in [0.29, 0.717) is 30.9 Å². The number of fused-ring (bicyclic) bond motifs is 1. The van der Waals surface area contributed by atoms with Gasteiger partial charge in [-0.25, -0.2) is 4.98 Å². The summed E-state index contributed by atoms with van der Waals surface area (Å²) in [5, 5.41) is 0.709. The summed E-state index contributed by atoms with van der Waals surface area (Å²) >= 11 is 1.57. The van der Waals surface area contributed by atoms with Crippen LogP contribution in [0.4, 0.5) is 0 Å². The van der Waals surface area contributed by atoms with Crippen LogP contribution in [0.1, 0.15) is 42.1 Å². The Hall–Kier alpha value is -1.77. The third-order valence-corrected chi connectivity index (χ3v) is 6.93. The van der Waals surface area contributed by atoms with Crippen molar-refractivity contribution in [3.05, 3.63) is 26.6 Å². The fraction of sp³-hybridized carbons (Fsp3) is 0.632. The van der Waals surface area contributed by atoms with Gasteiger partial charge < -0.3 is 14.6 Å². The average Bonchev–Trinajstić information content (AvgIpc) is 3.29. The van der Waals surface area contributed by atoms with E-state index in [4.69, 9.17) is 9.72 Å². The van der Waals surface area contributed by atoms with Gasteiger partial charge in [-0.1, -0.05) is 0 Å². The Balaban J connectivity index is 1.46. The molecule has 4 heterocycles. The lowest BCUT2D eigenvalue weighted by Crippen LogP contribution is -2.52. The maximum absolute atomic E-state index is 12.5. The molecule has 2 aromatic heterocycles. The van der Waals surface area contributed by atoms with Gasteiger partial charge in [0.1, 0.15) is 16.8 Å². The topological polar surface area (TPSA) is 78.5 Å². The molecule has 8 heteroatoms. The van der Waals surface area contributed by atoms with E-state index < -0.39 is 0 Å². The SMILES string of the molecule is Cc1sc2nc([C@H](C)N3CCN(C(=O)[C@@H]4CCCO4)CC3)[nH]c(=O)c2c1C. The van der Waals surface area contributed by atoms with E-state index in [2.05, 4.69) is 16.8 Å². The van der Waals surface area contributed by atoms with Crippen LogP contribution < -0.4 is 5.56 Å². The summed E-state index contributed by atoms with van der Waals surface area (Å²) in [6, 6.07) is 0.00444. The molecule has 0 unspecified atom stereocenters. The second kappa shape index (κ2) is 7.33. The first-order valence-electron chi connectivity index (χ1n) is 9.60. The van der Waals surface area contributed by atoms with Gasteiger partial charge in [-0.2, -0.15) is 0 Å². The van der Waals surface area contributed by atoms with Gasteiger partial charge >= 0.3 is 0 Å². The average molecular weight is 391 g/mol. The van der Waals surface area contributed by atoms with Gasteiger partial charge in [0.05, 0.1) is 11.4 Å². The minimum absolute atomic E-state index is 0.00444. The van der Waals surface area contributed by atoms with Crippen LogP contribution in [0.5, 0.6) is 0 Å². The van der Waals surface area contributed by atoms with Crippen molar-refractivity contribution in [1.29, 1.82) is 0 Å². The minimum atomic E-state index is -0.250. The number of piperazine rings is 1. The van der Waals surface area contributed by atoms with Crippen LogP contribution >= 0.6 is 11.3 Å². The van der Waals surface area contributed by atoms with E-state index in [1.54, 1.807) is 11.3 Å². The highest BCUT2D eigenvalue weighted by molar-refractivity contribution is 7.18. The van der Waals surface area contributed by atoms with Crippen molar-refractivity contribution in [2.24, 2.45) is 0 Å². The summed E-state index contributed by atoms with van der Waals surface area (Å²) in [6.45, 7) is 9.66. The number of hydrogen-bond donors (Lipinski definition) is 1. The lowest BCUT2D eigenvalue weighted by Gasteiger charge is -2.38. The molecule has 0 radical (unpaired) electrons. The number of nitrogens with one attached hydrogen (secondary N) is 1. The fourth-order valence-corrected chi connectivity index (χ4v) is 4.98. The van der Waals surface area contributed by atoms with Crippen molar-refractivity contribution in [2.45, 2.75) is 45.8 Å². The second-order valence-electron chi connectivity index (χ2n) is 7.45. The fourth-order valence-electron chi connectivity index (χ4n) is 3.95. The molecule has 2 atom stereocenters. The van der Waals surface area contributed by atoms with E-state index in [9.17, 15) is 9.59 Å². The van der Waals surface area contributed by atoms with Crippen molar-refractivity contribution in [3.8, 4) is 0 Å². The number of amides is 1. The summed E-state index contributed by atoms with van der Waals surface area (Å²) in [6.07, 6.45) is 1.55. The molecule has 2 saturated heterocycles. The van der Waals surface area contributed by atoms with E-state index in [1.165, 1.54) is 0 Å². The van der Waals surface area contributed by atoms with E-state index in [-0.39, 0.29) is 23.6 Å². The van der Waals surface area contributed by atoms with Crippen molar-refractivity contribution in [2.75, 3.05) is 32.8 Å². The number of aryl methyl sites for hydroxylation is 2. The molecule has 4 rings (SSSR count). The van der Waals surface area contributed by atoms with Gasteiger partial charge in [-0.05, 0) is 39.2 Å². The molecular weight excluding hydrogens is 364 g/mol. The molecule has 2 aliphatic rings. The van der Waals surface area contributed by atoms with Gasteiger partial charge in [0.25, 0.3) is 11.5 Å². The predicted octanol–water partition coefficient (Wildman–Crippen LogP) is 1.99. The zero-order valence-corrected chi connectivity index (χ0v) is 16.9. The summed E-state index contributed by atoms with van der Waals surface area (Å²) in [5.74, 6) is 0.824. The first kappa shape index (κ1) is 18.6. The molecule has 2 aliphatic heterocycles. The molecule has 1 N–H and O–H groups in total. The number of rotatable bonds is 3. The molecule has 0 bridgehead atoms. The Morgan fingerprint density at radius 2 is 2.04 bits per heavy atom. The van der Waals surface area contributed by atoms with Crippen molar-refractivity contribution in [1.82, 2.24) is 19.8 Å². The predicted molar refractivity (Wildman–Crippen MR) is 105 cm³/mol. The first-order valence-corrected chi connectivity index (χ1v) is 10.4. The summed E-state index contributed by atoms with van der Waals surface area (Å²) in [7, 11) is 0. The van der Waals surface area contributed by atoms with Crippen molar-refractivity contribution >= 4 is 27.5 Å². The van der Waals surface area contributed by atoms with Gasteiger partial charge in [0, 0.05) is 37.7 Å². The third kappa shape index (κ3) is 3.41. The number of aromatic nitrogens is 2. The largest absolute Gasteiger partial charge is 0.368 e. The number of H-pyrrole nitrogens is 1. The highest BCUT2D eigenvalue weighted by atomic mass is 32.1. The maximum Gasteiger partial charge on any atom is 0.259 e.